The van der Waals surface area contributed by atoms with Crippen molar-refractivity contribution in [2.45, 2.75) is 12.6 Å². The lowest BCUT2D eigenvalue weighted by Gasteiger charge is -2.15. The van der Waals surface area contributed by atoms with Crippen LogP contribution in [0.5, 0.6) is 0 Å². The van der Waals surface area contributed by atoms with Crippen molar-refractivity contribution >= 4 is 27.3 Å². The van der Waals surface area contributed by atoms with E-state index in [1.54, 1.807) is 11.3 Å². The molecular weight excluding hydrogens is 296 g/mol. The summed E-state index contributed by atoms with van der Waals surface area (Å²) in [6, 6.07) is 12.9. The molecule has 0 spiro atoms. The standard InChI is InChI=1S/C13H15BrN2S/c1-16-13(11-6-7-12(14)17-11)10-4-2-9(8-15)3-5-10/h2-7,13,16H,8,15H2,1H3. The summed E-state index contributed by atoms with van der Waals surface area (Å²) in [6.07, 6.45) is 0. The zero-order valence-corrected chi connectivity index (χ0v) is 12.0. The van der Waals surface area contributed by atoms with Gasteiger partial charge in [-0.05, 0) is 46.2 Å². The first-order valence-corrected chi connectivity index (χ1v) is 7.07. The van der Waals surface area contributed by atoms with E-state index in [2.05, 4.69) is 57.6 Å². The fourth-order valence-corrected chi connectivity index (χ4v) is 3.36. The third kappa shape index (κ3) is 2.96. The van der Waals surface area contributed by atoms with Crippen LogP contribution in [0.1, 0.15) is 22.0 Å². The quantitative estimate of drug-likeness (QED) is 0.909. The van der Waals surface area contributed by atoms with Gasteiger partial charge in [-0.15, -0.1) is 11.3 Å². The molecule has 1 unspecified atom stereocenters. The maximum absolute atomic E-state index is 5.60. The number of rotatable bonds is 4. The largest absolute Gasteiger partial charge is 0.326 e. The minimum absolute atomic E-state index is 0.248. The predicted molar refractivity (Wildman–Crippen MR) is 77.3 cm³/mol. The SMILES string of the molecule is CNC(c1ccc(CN)cc1)c1ccc(Br)s1. The van der Waals surface area contributed by atoms with Crippen LogP contribution in [-0.2, 0) is 6.54 Å². The van der Waals surface area contributed by atoms with Crippen molar-refractivity contribution in [3.63, 3.8) is 0 Å². The fourth-order valence-electron chi connectivity index (χ4n) is 1.80. The van der Waals surface area contributed by atoms with Crippen LogP contribution >= 0.6 is 27.3 Å². The van der Waals surface area contributed by atoms with Gasteiger partial charge in [0.05, 0.1) is 9.83 Å². The molecule has 0 saturated heterocycles. The predicted octanol–water partition coefficient (Wildman–Crippen LogP) is 3.28. The van der Waals surface area contributed by atoms with Gasteiger partial charge >= 0.3 is 0 Å². The van der Waals surface area contributed by atoms with Crippen LogP contribution < -0.4 is 11.1 Å². The van der Waals surface area contributed by atoms with E-state index in [1.165, 1.54) is 10.4 Å². The Labute approximate surface area is 114 Å². The summed E-state index contributed by atoms with van der Waals surface area (Å²) in [6.45, 7) is 0.592. The number of benzene rings is 1. The van der Waals surface area contributed by atoms with E-state index in [-0.39, 0.29) is 6.04 Å². The van der Waals surface area contributed by atoms with Crippen molar-refractivity contribution < 1.29 is 0 Å². The van der Waals surface area contributed by atoms with Crippen molar-refractivity contribution in [1.29, 1.82) is 0 Å². The van der Waals surface area contributed by atoms with E-state index in [9.17, 15) is 0 Å². The number of hydrogen-bond acceptors (Lipinski definition) is 3. The van der Waals surface area contributed by atoms with Gasteiger partial charge in [0.2, 0.25) is 0 Å². The van der Waals surface area contributed by atoms with Crippen molar-refractivity contribution in [1.82, 2.24) is 5.32 Å². The van der Waals surface area contributed by atoms with Crippen LogP contribution in [0.3, 0.4) is 0 Å². The summed E-state index contributed by atoms with van der Waals surface area (Å²) >= 11 is 5.25. The van der Waals surface area contributed by atoms with Crippen LogP contribution in [0, 0.1) is 0 Å². The Hall–Kier alpha value is -0.680. The van der Waals surface area contributed by atoms with Crippen molar-refractivity contribution in [3.05, 3.63) is 56.2 Å². The highest BCUT2D eigenvalue weighted by Gasteiger charge is 2.13. The molecule has 0 saturated carbocycles. The Balaban J connectivity index is 2.28. The van der Waals surface area contributed by atoms with E-state index in [0.29, 0.717) is 6.54 Å². The van der Waals surface area contributed by atoms with Crippen molar-refractivity contribution in [2.24, 2.45) is 5.73 Å². The summed E-state index contributed by atoms with van der Waals surface area (Å²) < 4.78 is 1.16. The summed E-state index contributed by atoms with van der Waals surface area (Å²) in [5.74, 6) is 0. The van der Waals surface area contributed by atoms with Crippen LogP contribution in [0.4, 0.5) is 0 Å². The highest BCUT2D eigenvalue weighted by atomic mass is 79.9. The molecule has 3 N–H and O–H groups in total. The molecule has 1 atom stereocenters. The third-order valence-electron chi connectivity index (χ3n) is 2.72. The lowest BCUT2D eigenvalue weighted by molar-refractivity contribution is 0.703. The average molecular weight is 311 g/mol. The average Bonchev–Trinajstić information content (AvgIpc) is 2.78. The number of nitrogens with two attached hydrogens (primary N) is 1. The maximum atomic E-state index is 5.60. The fraction of sp³-hybridized carbons (Fsp3) is 0.231. The monoisotopic (exact) mass is 310 g/mol. The Morgan fingerprint density at radius 1 is 1.24 bits per heavy atom. The molecule has 0 amide bonds. The van der Waals surface area contributed by atoms with Gasteiger partial charge in [-0.25, -0.2) is 0 Å². The van der Waals surface area contributed by atoms with E-state index < -0.39 is 0 Å². The molecule has 2 rings (SSSR count). The van der Waals surface area contributed by atoms with Gasteiger partial charge in [0, 0.05) is 11.4 Å². The Morgan fingerprint density at radius 3 is 2.41 bits per heavy atom. The van der Waals surface area contributed by atoms with Crippen LogP contribution in [0.15, 0.2) is 40.2 Å². The Bertz CT molecular complexity index is 478. The second-order valence-corrected chi connectivity index (χ2v) is 6.30. The molecule has 2 nitrogen and oxygen atoms in total. The molecule has 0 aliphatic rings. The van der Waals surface area contributed by atoms with Gasteiger partial charge in [-0.3, -0.25) is 0 Å². The van der Waals surface area contributed by atoms with E-state index in [1.807, 2.05) is 7.05 Å². The third-order valence-corrected chi connectivity index (χ3v) is 4.40. The molecule has 0 radical (unpaired) electrons. The minimum atomic E-state index is 0.248. The van der Waals surface area contributed by atoms with Gasteiger partial charge < -0.3 is 11.1 Å². The van der Waals surface area contributed by atoms with Gasteiger partial charge in [0.25, 0.3) is 0 Å². The Morgan fingerprint density at radius 2 is 1.94 bits per heavy atom. The smallest absolute Gasteiger partial charge is 0.0702 e. The summed E-state index contributed by atoms with van der Waals surface area (Å²) in [5, 5.41) is 3.34. The molecule has 1 aromatic carbocycles. The lowest BCUT2D eigenvalue weighted by atomic mass is 10.0. The van der Waals surface area contributed by atoms with Gasteiger partial charge in [-0.1, -0.05) is 24.3 Å². The van der Waals surface area contributed by atoms with Crippen LogP contribution in [0.2, 0.25) is 0 Å². The highest BCUT2D eigenvalue weighted by Crippen LogP contribution is 2.31. The first-order chi connectivity index (χ1) is 8.24. The molecule has 0 aliphatic heterocycles. The first kappa shape index (κ1) is 12.8. The van der Waals surface area contributed by atoms with Crippen molar-refractivity contribution in [2.75, 3.05) is 7.05 Å². The van der Waals surface area contributed by atoms with Crippen molar-refractivity contribution in [3.8, 4) is 0 Å². The molecule has 90 valence electrons. The highest BCUT2D eigenvalue weighted by molar-refractivity contribution is 9.11. The topological polar surface area (TPSA) is 38.0 Å². The molecule has 0 bridgehead atoms. The van der Waals surface area contributed by atoms with Gasteiger partial charge in [-0.2, -0.15) is 0 Å². The second kappa shape index (κ2) is 5.78. The normalized spacial score (nSPS) is 12.6. The van der Waals surface area contributed by atoms with E-state index in [4.69, 9.17) is 5.73 Å². The van der Waals surface area contributed by atoms with Gasteiger partial charge in [0.1, 0.15) is 0 Å². The molecule has 4 heteroatoms. The van der Waals surface area contributed by atoms with Crippen LogP contribution in [-0.4, -0.2) is 7.05 Å². The van der Waals surface area contributed by atoms with Gasteiger partial charge in [0.15, 0.2) is 0 Å². The molecule has 1 heterocycles. The second-order valence-electron chi connectivity index (χ2n) is 3.81. The lowest BCUT2D eigenvalue weighted by Crippen LogP contribution is -2.16. The zero-order valence-electron chi connectivity index (χ0n) is 9.61. The summed E-state index contributed by atoms with van der Waals surface area (Å²) in [4.78, 5) is 1.31. The molecule has 17 heavy (non-hydrogen) atoms. The molecule has 2 aromatic rings. The van der Waals surface area contributed by atoms with E-state index in [0.717, 1.165) is 9.35 Å². The molecule has 1 aromatic heterocycles. The summed E-state index contributed by atoms with van der Waals surface area (Å²) in [5.41, 5.74) is 8.03. The number of hydrogen-bond donors (Lipinski definition) is 2. The zero-order chi connectivity index (χ0) is 12.3. The number of thiophene rings is 1. The number of halogens is 1. The van der Waals surface area contributed by atoms with E-state index >= 15 is 0 Å². The number of nitrogens with one attached hydrogen (secondary N) is 1. The minimum Gasteiger partial charge on any atom is -0.326 e. The Kier molecular flexibility index (Phi) is 4.34. The molecule has 0 aliphatic carbocycles. The first-order valence-electron chi connectivity index (χ1n) is 5.46. The maximum Gasteiger partial charge on any atom is 0.0702 e. The van der Waals surface area contributed by atoms with Crippen LogP contribution in [0.25, 0.3) is 0 Å². The molecular formula is C13H15BrN2S. The molecule has 0 fully saturated rings. The summed E-state index contributed by atoms with van der Waals surface area (Å²) in [7, 11) is 1.98.